The zero-order valence-electron chi connectivity index (χ0n) is 10.7. The van der Waals surface area contributed by atoms with Crippen LogP contribution in [0.1, 0.15) is 12.5 Å². The van der Waals surface area contributed by atoms with Crippen LogP contribution in [0.4, 0.5) is 0 Å². The third kappa shape index (κ3) is 4.07. The Bertz CT molecular complexity index is 366. The summed E-state index contributed by atoms with van der Waals surface area (Å²) in [5, 5.41) is 3.12. The molecule has 94 valence electrons. The fourth-order valence-electron chi connectivity index (χ4n) is 1.46. The normalized spacial score (nSPS) is 10.1. The first-order valence-corrected chi connectivity index (χ1v) is 5.75. The minimum absolute atomic E-state index is 0.0994. The van der Waals surface area contributed by atoms with Gasteiger partial charge in [0.15, 0.2) is 0 Å². The number of ether oxygens (including phenoxy) is 1. The molecule has 1 amide bonds. The van der Waals surface area contributed by atoms with Gasteiger partial charge in [-0.25, -0.2) is 0 Å². The second kappa shape index (κ2) is 6.91. The number of hydrogen-bond donors (Lipinski definition) is 1. The fraction of sp³-hybridized carbons (Fsp3) is 0.462. The number of rotatable bonds is 6. The van der Waals surface area contributed by atoms with E-state index >= 15 is 0 Å². The van der Waals surface area contributed by atoms with Crippen molar-refractivity contribution in [2.24, 2.45) is 0 Å². The molecule has 0 heterocycles. The standard InChI is InChI=1S/C13H20N2O2/c1-4-15(2)13(16)10-14-9-11-7-5-6-8-12(11)17-3/h5-8,14H,4,9-10H2,1-3H3. The molecule has 0 aliphatic carbocycles. The van der Waals surface area contributed by atoms with E-state index in [4.69, 9.17) is 4.74 Å². The molecule has 0 saturated heterocycles. The van der Waals surface area contributed by atoms with E-state index in [0.29, 0.717) is 13.1 Å². The number of para-hydroxylation sites is 1. The molecule has 17 heavy (non-hydrogen) atoms. The van der Waals surface area contributed by atoms with Gasteiger partial charge in [-0.15, -0.1) is 0 Å². The smallest absolute Gasteiger partial charge is 0.236 e. The molecule has 0 aliphatic rings. The van der Waals surface area contributed by atoms with Crippen molar-refractivity contribution >= 4 is 5.91 Å². The van der Waals surface area contributed by atoms with Gasteiger partial charge in [0.2, 0.25) is 5.91 Å². The van der Waals surface area contributed by atoms with E-state index in [2.05, 4.69) is 5.32 Å². The van der Waals surface area contributed by atoms with Crippen molar-refractivity contribution in [3.63, 3.8) is 0 Å². The summed E-state index contributed by atoms with van der Waals surface area (Å²) < 4.78 is 5.24. The van der Waals surface area contributed by atoms with Crippen LogP contribution in [0.3, 0.4) is 0 Å². The zero-order chi connectivity index (χ0) is 12.7. The minimum atomic E-state index is 0.0994. The lowest BCUT2D eigenvalue weighted by Crippen LogP contribution is -2.35. The Morgan fingerprint density at radius 1 is 1.41 bits per heavy atom. The second-order valence-electron chi connectivity index (χ2n) is 3.82. The number of likely N-dealkylation sites (N-methyl/N-ethyl adjacent to an activating group) is 1. The van der Waals surface area contributed by atoms with Crippen LogP contribution in [-0.4, -0.2) is 38.1 Å². The number of carbonyl (C=O) groups excluding carboxylic acids is 1. The molecule has 4 nitrogen and oxygen atoms in total. The molecule has 1 rings (SSSR count). The summed E-state index contributed by atoms with van der Waals surface area (Å²) >= 11 is 0. The molecule has 0 unspecified atom stereocenters. The Labute approximate surface area is 103 Å². The van der Waals surface area contributed by atoms with Crippen LogP contribution in [0.2, 0.25) is 0 Å². The summed E-state index contributed by atoms with van der Waals surface area (Å²) in [6, 6.07) is 7.79. The second-order valence-corrected chi connectivity index (χ2v) is 3.82. The molecular weight excluding hydrogens is 216 g/mol. The molecule has 0 aliphatic heterocycles. The topological polar surface area (TPSA) is 41.6 Å². The van der Waals surface area contributed by atoms with Gasteiger partial charge in [0.1, 0.15) is 5.75 Å². The number of carbonyl (C=O) groups is 1. The quantitative estimate of drug-likeness (QED) is 0.808. The van der Waals surface area contributed by atoms with E-state index in [0.717, 1.165) is 17.9 Å². The number of benzene rings is 1. The first-order valence-electron chi connectivity index (χ1n) is 5.75. The Morgan fingerprint density at radius 2 is 2.12 bits per heavy atom. The van der Waals surface area contributed by atoms with Crippen molar-refractivity contribution in [2.75, 3.05) is 27.2 Å². The van der Waals surface area contributed by atoms with Gasteiger partial charge in [-0.1, -0.05) is 18.2 Å². The number of nitrogens with one attached hydrogen (secondary N) is 1. The van der Waals surface area contributed by atoms with Gasteiger partial charge in [0.25, 0.3) is 0 Å². The Morgan fingerprint density at radius 3 is 2.76 bits per heavy atom. The number of nitrogens with zero attached hydrogens (tertiary/aromatic N) is 1. The highest BCUT2D eigenvalue weighted by atomic mass is 16.5. The molecule has 0 fully saturated rings. The SMILES string of the molecule is CCN(C)C(=O)CNCc1ccccc1OC. The summed E-state index contributed by atoms with van der Waals surface area (Å²) in [6.45, 7) is 3.67. The molecule has 0 atom stereocenters. The molecule has 1 aromatic rings. The molecule has 0 radical (unpaired) electrons. The first-order chi connectivity index (χ1) is 8.19. The van der Waals surface area contributed by atoms with Gasteiger partial charge in [-0.2, -0.15) is 0 Å². The van der Waals surface area contributed by atoms with E-state index in [9.17, 15) is 4.79 Å². The highest BCUT2D eigenvalue weighted by Crippen LogP contribution is 2.16. The third-order valence-corrected chi connectivity index (χ3v) is 2.68. The predicted molar refractivity (Wildman–Crippen MR) is 68.0 cm³/mol. The molecule has 0 saturated carbocycles. The van der Waals surface area contributed by atoms with Gasteiger partial charge in [0, 0.05) is 25.7 Å². The van der Waals surface area contributed by atoms with Crippen LogP contribution in [0, 0.1) is 0 Å². The fourth-order valence-corrected chi connectivity index (χ4v) is 1.46. The lowest BCUT2D eigenvalue weighted by molar-refractivity contribution is -0.128. The highest BCUT2D eigenvalue weighted by molar-refractivity contribution is 5.77. The van der Waals surface area contributed by atoms with Gasteiger partial charge < -0.3 is 15.0 Å². The van der Waals surface area contributed by atoms with Crippen LogP contribution in [0.15, 0.2) is 24.3 Å². The zero-order valence-corrected chi connectivity index (χ0v) is 10.7. The molecular formula is C13H20N2O2. The summed E-state index contributed by atoms with van der Waals surface area (Å²) in [4.78, 5) is 13.2. The van der Waals surface area contributed by atoms with Crippen molar-refractivity contribution in [3.05, 3.63) is 29.8 Å². The van der Waals surface area contributed by atoms with Gasteiger partial charge in [-0.3, -0.25) is 4.79 Å². The van der Waals surface area contributed by atoms with Crippen molar-refractivity contribution in [2.45, 2.75) is 13.5 Å². The van der Waals surface area contributed by atoms with E-state index < -0.39 is 0 Å². The summed E-state index contributed by atoms with van der Waals surface area (Å²) in [6.07, 6.45) is 0. The van der Waals surface area contributed by atoms with Crippen LogP contribution >= 0.6 is 0 Å². The van der Waals surface area contributed by atoms with Crippen LogP contribution in [0.25, 0.3) is 0 Å². The minimum Gasteiger partial charge on any atom is -0.496 e. The maximum Gasteiger partial charge on any atom is 0.236 e. The van der Waals surface area contributed by atoms with Crippen LogP contribution in [-0.2, 0) is 11.3 Å². The molecule has 0 spiro atoms. The molecule has 0 bridgehead atoms. The monoisotopic (exact) mass is 236 g/mol. The van der Waals surface area contributed by atoms with E-state index in [-0.39, 0.29) is 5.91 Å². The van der Waals surface area contributed by atoms with Crippen molar-refractivity contribution in [1.82, 2.24) is 10.2 Å². The van der Waals surface area contributed by atoms with E-state index in [1.165, 1.54) is 0 Å². The van der Waals surface area contributed by atoms with Crippen molar-refractivity contribution in [3.8, 4) is 5.75 Å². The molecule has 4 heteroatoms. The van der Waals surface area contributed by atoms with Crippen LogP contribution in [0.5, 0.6) is 5.75 Å². The van der Waals surface area contributed by atoms with Gasteiger partial charge in [0.05, 0.1) is 13.7 Å². The molecule has 0 aromatic heterocycles. The number of amides is 1. The third-order valence-electron chi connectivity index (χ3n) is 2.68. The highest BCUT2D eigenvalue weighted by Gasteiger charge is 2.06. The Balaban J connectivity index is 2.43. The van der Waals surface area contributed by atoms with E-state index in [1.54, 1.807) is 19.1 Å². The summed E-state index contributed by atoms with van der Waals surface area (Å²) in [7, 11) is 3.45. The lowest BCUT2D eigenvalue weighted by atomic mass is 10.2. The Kier molecular flexibility index (Phi) is 5.49. The average Bonchev–Trinajstić information content (AvgIpc) is 2.38. The predicted octanol–water partition coefficient (Wildman–Crippen LogP) is 1.26. The molecule has 1 N–H and O–H groups in total. The summed E-state index contributed by atoms with van der Waals surface area (Å²) in [5.74, 6) is 0.943. The summed E-state index contributed by atoms with van der Waals surface area (Å²) in [5.41, 5.74) is 1.06. The Hall–Kier alpha value is -1.55. The number of methoxy groups -OCH3 is 1. The van der Waals surface area contributed by atoms with Crippen molar-refractivity contribution in [1.29, 1.82) is 0 Å². The van der Waals surface area contributed by atoms with Crippen LogP contribution < -0.4 is 10.1 Å². The van der Waals surface area contributed by atoms with E-state index in [1.807, 2.05) is 31.2 Å². The molecule has 1 aromatic carbocycles. The largest absolute Gasteiger partial charge is 0.496 e. The number of hydrogen-bond acceptors (Lipinski definition) is 3. The van der Waals surface area contributed by atoms with Gasteiger partial charge >= 0.3 is 0 Å². The average molecular weight is 236 g/mol. The van der Waals surface area contributed by atoms with Gasteiger partial charge in [-0.05, 0) is 13.0 Å². The van der Waals surface area contributed by atoms with Crippen molar-refractivity contribution < 1.29 is 9.53 Å². The maximum absolute atomic E-state index is 11.6. The lowest BCUT2D eigenvalue weighted by Gasteiger charge is -2.15. The maximum atomic E-state index is 11.6. The first kappa shape index (κ1) is 13.5.